The predicted molar refractivity (Wildman–Crippen MR) is 136 cm³/mol. The minimum absolute atomic E-state index is 0.223. The average Bonchev–Trinajstić information content (AvgIpc) is 3.67. The van der Waals surface area contributed by atoms with Gasteiger partial charge in [0.2, 0.25) is 0 Å². The van der Waals surface area contributed by atoms with Crippen LogP contribution in [0.2, 0.25) is 0 Å². The van der Waals surface area contributed by atoms with E-state index < -0.39 is 0 Å². The minimum atomic E-state index is -0.223. The van der Waals surface area contributed by atoms with Crippen molar-refractivity contribution in [1.29, 1.82) is 0 Å². The van der Waals surface area contributed by atoms with Crippen molar-refractivity contribution in [2.75, 3.05) is 14.2 Å². The Balaban J connectivity index is 1.36. The molecule has 0 radical (unpaired) electrons. The summed E-state index contributed by atoms with van der Waals surface area (Å²) in [4.78, 5) is 17.2. The molecular formula is C27H30N6O3. The molecule has 1 N–H and O–H groups in total. The molecule has 0 aliphatic heterocycles. The van der Waals surface area contributed by atoms with Gasteiger partial charge < -0.3 is 14.8 Å². The number of benzene rings is 1. The molecule has 5 rings (SSSR count). The topological polar surface area (TPSA) is 96.1 Å². The van der Waals surface area contributed by atoms with Gasteiger partial charge in [0.05, 0.1) is 43.9 Å². The molecule has 0 bridgehead atoms. The van der Waals surface area contributed by atoms with Crippen LogP contribution in [0.3, 0.4) is 0 Å². The first-order chi connectivity index (χ1) is 17.6. The lowest BCUT2D eigenvalue weighted by Gasteiger charge is -2.14. The number of pyridine rings is 1. The summed E-state index contributed by atoms with van der Waals surface area (Å²) in [6.07, 6.45) is 8.26. The van der Waals surface area contributed by atoms with E-state index in [1.165, 1.54) is 12.8 Å². The molecule has 3 heterocycles. The quantitative estimate of drug-likeness (QED) is 0.396. The fourth-order valence-electron chi connectivity index (χ4n) is 4.78. The first-order valence-electron chi connectivity index (χ1n) is 12.1. The summed E-state index contributed by atoms with van der Waals surface area (Å²) in [5.74, 6) is 1.12. The van der Waals surface area contributed by atoms with E-state index in [2.05, 4.69) is 26.1 Å². The van der Waals surface area contributed by atoms with Crippen molar-refractivity contribution in [2.45, 2.75) is 38.3 Å². The molecule has 4 aromatic rings. The highest BCUT2D eigenvalue weighted by Gasteiger charge is 2.23. The van der Waals surface area contributed by atoms with Crippen molar-refractivity contribution in [1.82, 2.24) is 29.9 Å². The van der Waals surface area contributed by atoms with Gasteiger partial charge in [-0.1, -0.05) is 12.8 Å². The summed E-state index contributed by atoms with van der Waals surface area (Å²) in [7, 11) is 4.96. The van der Waals surface area contributed by atoms with Crippen LogP contribution in [0.5, 0.6) is 11.5 Å². The summed E-state index contributed by atoms with van der Waals surface area (Å²) in [6.45, 7) is 0.319. The number of aryl methyl sites for hydroxylation is 1. The number of carbonyl (C=O) groups excluding carboxylic acids is 1. The summed E-state index contributed by atoms with van der Waals surface area (Å²) < 4.78 is 14.5. The Bertz CT molecular complexity index is 1360. The number of nitrogens with one attached hydrogen (secondary N) is 1. The summed E-state index contributed by atoms with van der Waals surface area (Å²) in [5, 5.41) is 12.4. The third-order valence-electron chi connectivity index (χ3n) is 6.66. The third kappa shape index (κ3) is 4.68. The zero-order valence-corrected chi connectivity index (χ0v) is 20.8. The molecule has 0 saturated heterocycles. The van der Waals surface area contributed by atoms with Crippen LogP contribution in [0.25, 0.3) is 22.5 Å². The van der Waals surface area contributed by atoms with Crippen molar-refractivity contribution in [2.24, 2.45) is 7.05 Å². The highest BCUT2D eigenvalue weighted by atomic mass is 16.5. The molecule has 1 amide bonds. The lowest BCUT2D eigenvalue weighted by Crippen LogP contribution is -2.25. The van der Waals surface area contributed by atoms with E-state index in [1.54, 1.807) is 44.4 Å². The standard InChI is InChI=1S/C27H30N6O3/c1-32-25(16-23(31-32)22-15-21(35-2)8-9-26(22)36-3)27(34)29-17-19-14-24(18-10-12-28-13-11-18)33(30-19)20-6-4-5-7-20/h8-16,20H,4-7,17H2,1-3H3,(H,29,34). The summed E-state index contributed by atoms with van der Waals surface area (Å²) >= 11 is 0. The Morgan fingerprint density at radius 3 is 2.53 bits per heavy atom. The maximum absolute atomic E-state index is 13.1. The molecule has 0 atom stereocenters. The monoisotopic (exact) mass is 486 g/mol. The van der Waals surface area contributed by atoms with Crippen molar-refractivity contribution >= 4 is 5.91 Å². The van der Waals surface area contributed by atoms with Gasteiger partial charge in [-0.3, -0.25) is 19.1 Å². The van der Waals surface area contributed by atoms with Crippen LogP contribution < -0.4 is 14.8 Å². The van der Waals surface area contributed by atoms with E-state index in [1.807, 2.05) is 30.3 Å². The molecule has 9 nitrogen and oxygen atoms in total. The number of hydrogen-bond acceptors (Lipinski definition) is 6. The highest BCUT2D eigenvalue weighted by molar-refractivity contribution is 5.94. The normalized spacial score (nSPS) is 13.6. The molecule has 1 saturated carbocycles. The van der Waals surface area contributed by atoms with Crippen molar-refractivity contribution in [3.05, 3.63) is 66.2 Å². The summed E-state index contributed by atoms with van der Waals surface area (Å²) in [6, 6.07) is 13.7. The zero-order valence-electron chi connectivity index (χ0n) is 20.8. The number of carbonyl (C=O) groups is 1. The average molecular weight is 487 g/mol. The zero-order chi connectivity index (χ0) is 25.1. The van der Waals surface area contributed by atoms with Crippen LogP contribution in [0.4, 0.5) is 0 Å². The molecule has 1 fully saturated rings. The van der Waals surface area contributed by atoms with Crippen LogP contribution in [0.15, 0.2) is 54.9 Å². The number of rotatable bonds is 8. The van der Waals surface area contributed by atoms with E-state index >= 15 is 0 Å². The molecule has 1 aliphatic carbocycles. The van der Waals surface area contributed by atoms with Crippen molar-refractivity contribution in [3.8, 4) is 34.0 Å². The van der Waals surface area contributed by atoms with Crippen LogP contribution in [0.1, 0.15) is 47.9 Å². The Labute approximate surface area is 210 Å². The van der Waals surface area contributed by atoms with Gasteiger partial charge in [-0.05, 0) is 55.3 Å². The second kappa shape index (κ2) is 10.2. The fourth-order valence-corrected chi connectivity index (χ4v) is 4.78. The first-order valence-corrected chi connectivity index (χ1v) is 12.1. The second-order valence-corrected chi connectivity index (χ2v) is 8.93. The number of methoxy groups -OCH3 is 2. The SMILES string of the molecule is COc1ccc(OC)c(-c2cc(C(=O)NCc3cc(-c4ccncc4)n(C4CCCC4)n3)n(C)n2)c1. The molecule has 36 heavy (non-hydrogen) atoms. The third-order valence-corrected chi connectivity index (χ3v) is 6.66. The van der Waals surface area contributed by atoms with Gasteiger partial charge in [0.1, 0.15) is 17.2 Å². The van der Waals surface area contributed by atoms with E-state index in [0.29, 0.717) is 35.5 Å². The largest absolute Gasteiger partial charge is 0.497 e. The van der Waals surface area contributed by atoms with Gasteiger partial charge in [0.25, 0.3) is 5.91 Å². The lowest BCUT2D eigenvalue weighted by atomic mass is 10.1. The van der Waals surface area contributed by atoms with E-state index in [4.69, 9.17) is 14.6 Å². The summed E-state index contributed by atoms with van der Waals surface area (Å²) in [5.41, 5.74) is 4.78. The molecule has 1 aromatic carbocycles. The smallest absolute Gasteiger partial charge is 0.269 e. The van der Waals surface area contributed by atoms with E-state index in [-0.39, 0.29) is 5.91 Å². The van der Waals surface area contributed by atoms with Gasteiger partial charge in [-0.15, -0.1) is 0 Å². The van der Waals surface area contributed by atoms with Gasteiger partial charge in [0, 0.05) is 30.6 Å². The van der Waals surface area contributed by atoms with Gasteiger partial charge >= 0.3 is 0 Å². The molecule has 0 spiro atoms. The number of ether oxygens (including phenoxy) is 2. The van der Waals surface area contributed by atoms with Crippen LogP contribution in [-0.4, -0.2) is 44.7 Å². The highest BCUT2D eigenvalue weighted by Crippen LogP contribution is 2.34. The fraction of sp³-hybridized carbons (Fsp3) is 0.333. The Hall–Kier alpha value is -4.14. The minimum Gasteiger partial charge on any atom is -0.497 e. The Kier molecular flexibility index (Phi) is 6.71. The van der Waals surface area contributed by atoms with Crippen molar-refractivity contribution < 1.29 is 14.3 Å². The number of nitrogens with zero attached hydrogens (tertiary/aromatic N) is 5. The van der Waals surface area contributed by atoms with Gasteiger partial charge in [-0.2, -0.15) is 10.2 Å². The molecule has 9 heteroatoms. The Morgan fingerprint density at radius 1 is 1.03 bits per heavy atom. The van der Waals surface area contributed by atoms with Gasteiger partial charge in [-0.25, -0.2) is 0 Å². The molecule has 186 valence electrons. The van der Waals surface area contributed by atoms with Crippen molar-refractivity contribution in [3.63, 3.8) is 0 Å². The molecular weight excluding hydrogens is 456 g/mol. The predicted octanol–water partition coefficient (Wildman–Crippen LogP) is 4.41. The Morgan fingerprint density at radius 2 is 1.81 bits per heavy atom. The number of hydrogen-bond donors (Lipinski definition) is 1. The number of aromatic nitrogens is 5. The first kappa shape index (κ1) is 23.6. The van der Waals surface area contributed by atoms with Crippen LogP contribution in [-0.2, 0) is 13.6 Å². The lowest BCUT2D eigenvalue weighted by molar-refractivity contribution is 0.0941. The molecule has 1 aliphatic rings. The van der Waals surface area contributed by atoms with Crippen LogP contribution in [0, 0.1) is 0 Å². The number of amides is 1. The maximum atomic E-state index is 13.1. The second-order valence-electron chi connectivity index (χ2n) is 8.93. The molecule has 0 unspecified atom stereocenters. The molecule has 3 aromatic heterocycles. The van der Waals surface area contributed by atoms with E-state index in [9.17, 15) is 4.79 Å². The van der Waals surface area contributed by atoms with Gasteiger partial charge in [0.15, 0.2) is 0 Å². The van der Waals surface area contributed by atoms with Crippen LogP contribution >= 0.6 is 0 Å². The maximum Gasteiger partial charge on any atom is 0.269 e. The van der Waals surface area contributed by atoms with E-state index in [0.717, 1.165) is 35.4 Å².